The largest absolute Gasteiger partial charge is 0.292 e. The molecule has 0 fully saturated rings. The van der Waals surface area contributed by atoms with Crippen LogP contribution in [0, 0.1) is 10.1 Å². The number of aliphatic imine (C=N–C) groups is 1. The molecule has 0 unspecified atom stereocenters. The number of allylic oxidation sites excluding steroid dienone is 3. The number of hydrogen-bond donors (Lipinski definition) is 0. The molecule has 0 saturated heterocycles. The van der Waals surface area contributed by atoms with Gasteiger partial charge in [-0.25, -0.2) is 0 Å². The van der Waals surface area contributed by atoms with E-state index in [2.05, 4.69) is 4.99 Å². The van der Waals surface area contributed by atoms with Crippen LogP contribution in [0.5, 0.6) is 0 Å². The summed E-state index contributed by atoms with van der Waals surface area (Å²) in [6, 6.07) is 0. The van der Waals surface area contributed by atoms with Gasteiger partial charge in [0.2, 0.25) is 0 Å². The summed E-state index contributed by atoms with van der Waals surface area (Å²) in [6.45, 7) is 1.83. The van der Waals surface area contributed by atoms with E-state index < -0.39 is 0 Å². The second-order valence-electron chi connectivity index (χ2n) is 2.59. The molecule has 1 aliphatic rings. The topological polar surface area (TPSA) is 55.5 Å². The summed E-state index contributed by atoms with van der Waals surface area (Å²) in [5, 5.41) is 10.3. The number of rotatable bonds is 1. The van der Waals surface area contributed by atoms with Crippen LogP contribution in [-0.2, 0) is 0 Å². The van der Waals surface area contributed by atoms with E-state index in [1.54, 1.807) is 19.2 Å². The van der Waals surface area contributed by atoms with Crippen molar-refractivity contribution in [3.63, 3.8) is 0 Å². The Labute approximate surface area is 70.5 Å². The predicted molar refractivity (Wildman–Crippen MR) is 46.8 cm³/mol. The summed E-state index contributed by atoms with van der Waals surface area (Å²) in [4.78, 5) is 14.0. The van der Waals surface area contributed by atoms with Crippen molar-refractivity contribution in [1.29, 1.82) is 0 Å². The van der Waals surface area contributed by atoms with Gasteiger partial charge in [-0.1, -0.05) is 0 Å². The van der Waals surface area contributed by atoms with Gasteiger partial charge in [-0.15, -0.1) is 0 Å². The van der Waals surface area contributed by atoms with Crippen LogP contribution in [0.25, 0.3) is 0 Å². The molecular weight excluding hydrogens is 156 g/mol. The normalized spacial score (nSPS) is 20.3. The molecule has 4 nitrogen and oxygen atoms in total. The molecule has 0 spiro atoms. The van der Waals surface area contributed by atoms with Crippen LogP contribution in [0.1, 0.15) is 13.3 Å². The molecule has 0 aromatic heterocycles. The molecule has 4 heteroatoms. The van der Waals surface area contributed by atoms with Crippen LogP contribution in [0.4, 0.5) is 0 Å². The minimum Gasteiger partial charge on any atom is -0.292 e. The SMILES string of the molecule is CN=C1CC=C([N+](=O)[O-])C=C1C. The average molecular weight is 166 g/mol. The molecule has 1 rings (SSSR count). The highest BCUT2D eigenvalue weighted by atomic mass is 16.6. The number of nitrogens with zero attached hydrogens (tertiary/aromatic N) is 2. The first kappa shape index (κ1) is 8.64. The van der Waals surface area contributed by atoms with Crippen LogP contribution in [0.15, 0.2) is 28.4 Å². The van der Waals surface area contributed by atoms with Crippen LogP contribution >= 0.6 is 0 Å². The van der Waals surface area contributed by atoms with Crippen molar-refractivity contribution in [1.82, 2.24) is 0 Å². The lowest BCUT2D eigenvalue weighted by Gasteiger charge is -2.06. The lowest BCUT2D eigenvalue weighted by Crippen LogP contribution is -2.08. The van der Waals surface area contributed by atoms with Gasteiger partial charge in [-0.3, -0.25) is 15.1 Å². The monoisotopic (exact) mass is 166 g/mol. The Bertz CT molecular complexity index is 300. The van der Waals surface area contributed by atoms with Crippen molar-refractivity contribution in [3.05, 3.63) is 33.5 Å². The van der Waals surface area contributed by atoms with E-state index in [0.29, 0.717) is 6.42 Å². The fraction of sp³-hybridized carbons (Fsp3) is 0.375. The lowest BCUT2D eigenvalue weighted by molar-refractivity contribution is -0.419. The Morgan fingerprint density at radius 3 is 2.75 bits per heavy atom. The van der Waals surface area contributed by atoms with E-state index in [4.69, 9.17) is 0 Å². The van der Waals surface area contributed by atoms with Gasteiger partial charge in [0, 0.05) is 25.3 Å². The van der Waals surface area contributed by atoms with Gasteiger partial charge in [0.1, 0.15) is 0 Å². The lowest BCUT2D eigenvalue weighted by atomic mass is 10.0. The molecule has 0 atom stereocenters. The second-order valence-corrected chi connectivity index (χ2v) is 2.59. The van der Waals surface area contributed by atoms with Crippen LogP contribution in [0.2, 0.25) is 0 Å². The maximum absolute atomic E-state index is 10.3. The molecule has 0 N–H and O–H groups in total. The van der Waals surface area contributed by atoms with Gasteiger partial charge >= 0.3 is 0 Å². The van der Waals surface area contributed by atoms with Crippen LogP contribution in [0.3, 0.4) is 0 Å². The first-order chi connectivity index (χ1) is 5.65. The Balaban J connectivity index is 2.93. The van der Waals surface area contributed by atoms with E-state index in [9.17, 15) is 10.1 Å². The summed E-state index contributed by atoms with van der Waals surface area (Å²) in [5.74, 6) is 0. The van der Waals surface area contributed by atoms with Crippen molar-refractivity contribution >= 4 is 5.71 Å². The predicted octanol–water partition coefficient (Wildman–Crippen LogP) is 1.57. The highest BCUT2D eigenvalue weighted by Gasteiger charge is 2.14. The quantitative estimate of drug-likeness (QED) is 0.438. The fourth-order valence-electron chi connectivity index (χ4n) is 1.12. The summed E-state index contributed by atoms with van der Waals surface area (Å²) in [6.07, 6.45) is 3.69. The fourth-order valence-corrected chi connectivity index (χ4v) is 1.12. The molecule has 0 heterocycles. The molecule has 64 valence electrons. The van der Waals surface area contributed by atoms with Crippen molar-refractivity contribution in [2.24, 2.45) is 4.99 Å². The first-order valence-corrected chi connectivity index (χ1v) is 3.64. The smallest absolute Gasteiger partial charge is 0.266 e. The zero-order chi connectivity index (χ0) is 9.14. The first-order valence-electron chi connectivity index (χ1n) is 3.64. The number of nitro groups is 1. The van der Waals surface area contributed by atoms with Crippen molar-refractivity contribution in [2.75, 3.05) is 7.05 Å². The molecule has 0 radical (unpaired) electrons. The minimum absolute atomic E-state index is 0.167. The van der Waals surface area contributed by atoms with E-state index in [1.807, 2.05) is 6.92 Å². The highest BCUT2D eigenvalue weighted by Crippen LogP contribution is 2.14. The summed E-state index contributed by atoms with van der Waals surface area (Å²) >= 11 is 0. The molecule has 1 aliphatic carbocycles. The van der Waals surface area contributed by atoms with Gasteiger partial charge in [0.15, 0.2) is 0 Å². The Morgan fingerprint density at radius 2 is 2.33 bits per heavy atom. The highest BCUT2D eigenvalue weighted by molar-refractivity contribution is 6.01. The summed E-state index contributed by atoms with van der Waals surface area (Å²) in [7, 11) is 1.69. The molecule has 12 heavy (non-hydrogen) atoms. The third-order valence-corrected chi connectivity index (χ3v) is 1.80. The molecule has 0 aromatic rings. The van der Waals surface area contributed by atoms with E-state index >= 15 is 0 Å². The third kappa shape index (κ3) is 1.58. The molecular formula is C8H10N2O2. The van der Waals surface area contributed by atoms with E-state index in [-0.39, 0.29) is 10.6 Å². The second kappa shape index (κ2) is 3.30. The Morgan fingerprint density at radius 1 is 1.67 bits per heavy atom. The standard InChI is InChI=1S/C8H10N2O2/c1-6-5-7(10(11)12)3-4-8(6)9-2/h3,5H,4H2,1-2H3. The van der Waals surface area contributed by atoms with Gasteiger partial charge in [0.05, 0.1) is 4.92 Å². The van der Waals surface area contributed by atoms with Crippen molar-refractivity contribution in [3.8, 4) is 0 Å². The van der Waals surface area contributed by atoms with Crippen molar-refractivity contribution in [2.45, 2.75) is 13.3 Å². The maximum Gasteiger partial charge on any atom is 0.266 e. The molecule has 0 aromatic carbocycles. The summed E-state index contributed by atoms with van der Waals surface area (Å²) < 4.78 is 0. The zero-order valence-corrected chi connectivity index (χ0v) is 7.07. The van der Waals surface area contributed by atoms with Gasteiger partial charge in [-0.2, -0.15) is 0 Å². The number of hydrogen-bond acceptors (Lipinski definition) is 3. The van der Waals surface area contributed by atoms with Crippen LogP contribution < -0.4 is 0 Å². The third-order valence-electron chi connectivity index (χ3n) is 1.80. The average Bonchev–Trinajstić information content (AvgIpc) is 2.04. The van der Waals surface area contributed by atoms with Gasteiger partial charge < -0.3 is 0 Å². The van der Waals surface area contributed by atoms with E-state index in [1.165, 1.54) is 0 Å². The van der Waals surface area contributed by atoms with E-state index in [0.717, 1.165) is 11.3 Å². The van der Waals surface area contributed by atoms with Crippen molar-refractivity contribution < 1.29 is 4.92 Å². The van der Waals surface area contributed by atoms with Gasteiger partial charge in [-0.05, 0) is 18.6 Å². The zero-order valence-electron chi connectivity index (χ0n) is 7.07. The Hall–Kier alpha value is -1.45. The maximum atomic E-state index is 10.3. The molecule has 0 saturated carbocycles. The molecule has 0 amide bonds. The minimum atomic E-state index is -0.379. The molecule has 0 bridgehead atoms. The Kier molecular flexibility index (Phi) is 2.38. The van der Waals surface area contributed by atoms with Gasteiger partial charge in [0.25, 0.3) is 5.70 Å². The molecule has 0 aliphatic heterocycles. The summed E-state index contributed by atoms with van der Waals surface area (Å²) in [5.41, 5.74) is 1.97. The van der Waals surface area contributed by atoms with Crippen LogP contribution in [-0.4, -0.2) is 17.7 Å².